The maximum Gasteiger partial charge on any atom is 0.229 e. The van der Waals surface area contributed by atoms with Gasteiger partial charge in [-0.05, 0) is 123 Å². The zero-order chi connectivity index (χ0) is 53.8. The van der Waals surface area contributed by atoms with Gasteiger partial charge in [-0.15, -0.1) is 5.10 Å². The van der Waals surface area contributed by atoms with Crippen molar-refractivity contribution in [3.8, 4) is 5.69 Å². The van der Waals surface area contributed by atoms with Crippen molar-refractivity contribution in [1.29, 1.82) is 0 Å². The molecule has 8 heterocycles. The molecule has 5 aliphatic heterocycles. The van der Waals surface area contributed by atoms with Gasteiger partial charge in [-0.2, -0.15) is 4.98 Å². The second-order valence-corrected chi connectivity index (χ2v) is 26.3. The number of nitrogens with one attached hydrogen (secondary N) is 3. The van der Waals surface area contributed by atoms with Crippen molar-refractivity contribution < 1.29 is 0 Å². The van der Waals surface area contributed by atoms with Gasteiger partial charge < -0.3 is 35.6 Å². The van der Waals surface area contributed by atoms with E-state index in [0.29, 0.717) is 29.4 Å². The van der Waals surface area contributed by atoms with E-state index in [0.717, 1.165) is 160 Å². The molecule has 2 atom stereocenters. The number of hydrogen-bond donors (Lipinski definition) is 3. The maximum atomic E-state index is 5.20. The molecule has 0 radical (unpaired) electrons. The van der Waals surface area contributed by atoms with Crippen LogP contribution in [-0.4, -0.2) is 134 Å². The van der Waals surface area contributed by atoms with Gasteiger partial charge >= 0.3 is 0 Å². The van der Waals surface area contributed by atoms with Crippen LogP contribution >= 0.6 is 6.89 Å². The van der Waals surface area contributed by atoms with E-state index in [1.54, 1.807) is 17.1 Å². The van der Waals surface area contributed by atoms with Gasteiger partial charge in [0.15, 0.2) is 5.82 Å². The Morgan fingerprint density at radius 2 is 1.55 bits per heavy atom. The molecule has 0 aliphatic carbocycles. The van der Waals surface area contributed by atoms with Gasteiger partial charge in [-0.1, -0.05) is 76.8 Å². The zero-order valence-corrected chi connectivity index (χ0v) is 46.9. The highest BCUT2D eigenvalue weighted by molar-refractivity contribution is 7.80. The summed E-state index contributed by atoms with van der Waals surface area (Å²) in [5.74, 6) is 1.54. The third-order valence-corrected chi connectivity index (χ3v) is 18.8. The minimum Gasteiger partial charge on any atom is -0.372 e. The number of piperidine rings is 2. The number of rotatable bonds is 14. The van der Waals surface area contributed by atoms with Crippen LogP contribution in [0.2, 0.25) is 0 Å². The van der Waals surface area contributed by atoms with Crippen molar-refractivity contribution in [2.75, 3.05) is 86.1 Å². The molecule has 4 saturated heterocycles. The van der Waals surface area contributed by atoms with E-state index in [-0.39, 0.29) is 6.04 Å². The molecule has 12 rings (SSSR count). The van der Waals surface area contributed by atoms with E-state index in [4.69, 9.17) is 21.5 Å². The summed E-state index contributed by atoms with van der Waals surface area (Å²) in [6.45, 7) is 34.0. The largest absolute Gasteiger partial charge is 0.372 e. The number of aryl methyl sites for hydroxylation is 2. The van der Waals surface area contributed by atoms with Crippen molar-refractivity contribution in [3.05, 3.63) is 151 Å². The summed E-state index contributed by atoms with van der Waals surface area (Å²) in [6.07, 6.45) is 17.2. The van der Waals surface area contributed by atoms with Crippen molar-refractivity contribution in [2.45, 2.75) is 77.4 Å². The monoisotopic (exact) mass is 1060 g/mol. The van der Waals surface area contributed by atoms with Crippen LogP contribution in [0.1, 0.15) is 68.2 Å². The fourth-order valence-corrected chi connectivity index (χ4v) is 14.4. The Labute approximate surface area is 459 Å². The van der Waals surface area contributed by atoms with E-state index in [2.05, 4.69) is 145 Å². The molecule has 3 aromatic heterocycles. The number of allylic oxidation sites excluding steroid dienone is 1. The van der Waals surface area contributed by atoms with Crippen LogP contribution in [0.3, 0.4) is 0 Å². The molecule has 16 heteroatoms. The third-order valence-electron chi connectivity index (χ3n) is 17.1. The first-order valence-corrected chi connectivity index (χ1v) is 30.9. The quantitative estimate of drug-likeness (QED) is 0.0892. The average molecular weight is 1060 g/mol. The van der Waals surface area contributed by atoms with Crippen LogP contribution in [-0.2, 0) is 19.4 Å². The number of fused-ring (bicyclic) bond motifs is 3. The van der Waals surface area contributed by atoms with Gasteiger partial charge in [-0.25, -0.2) is 9.67 Å². The SMILES string of the molecule is C=C1CCC(N2Cc3cc(N4CCC(C(=C)N5CCN(C6CCN(c7cc(CC)c(Nc8ncc(-n9nnc%10ccccc%109)c(Nc9ccc%10nccnc%10c9P(=C)(C)C)n8)cc7CC)CC6)CC5)C4)ccc3C2=C)C(=C)N1. The molecular weight excluding hydrogens is 986 g/mol. The first kappa shape index (κ1) is 51.3. The molecule has 78 heavy (non-hydrogen) atoms. The van der Waals surface area contributed by atoms with Crippen molar-refractivity contribution >= 4 is 80.8 Å². The third kappa shape index (κ3) is 9.80. The fraction of sp³-hybridized carbons (Fsp3) is 0.371. The molecule has 5 aliphatic rings. The predicted molar refractivity (Wildman–Crippen MR) is 325 cm³/mol. The minimum atomic E-state index is -1.87. The van der Waals surface area contributed by atoms with Crippen molar-refractivity contribution in [3.63, 3.8) is 0 Å². The van der Waals surface area contributed by atoms with Crippen molar-refractivity contribution in [2.24, 2.45) is 5.92 Å². The van der Waals surface area contributed by atoms with Crippen LogP contribution in [0.15, 0.2) is 129 Å². The topological polar surface area (TPSA) is 135 Å². The first-order chi connectivity index (χ1) is 37.8. The number of piperazine rings is 1. The van der Waals surface area contributed by atoms with Gasteiger partial charge in [0.05, 0.1) is 28.8 Å². The molecule has 4 aromatic carbocycles. The summed E-state index contributed by atoms with van der Waals surface area (Å²) in [7, 11) is 0. The zero-order valence-electron chi connectivity index (χ0n) is 46.0. The standard InChI is InChI=1S/C62H74N15P/c1-10-44-36-57(45(11-2)35-54(44)68-62-65-37-58(77-56-15-13-12-14-51(56)70-71-77)61(69-62)67-53-20-19-52-59(64-26-25-63-52)60(53)78(7,8)9)74-28-23-48(24-29-74)73-32-30-72(31-33-73)42(5)46-22-27-75(38-46)49-17-18-50-43(6)76(39-47(50)34-49)55-21-16-40(3)66-41(55)4/h12-15,17-20,25-26,34-37,46,48,55,66H,3-7,10-11,16,21-24,27-33,38-39H2,1-2,8-9H3,(H2,65,67,68,69). The molecule has 4 fully saturated rings. The maximum absolute atomic E-state index is 5.20. The second kappa shape index (κ2) is 21.1. The van der Waals surface area contributed by atoms with Gasteiger partial charge in [0.2, 0.25) is 5.95 Å². The molecule has 0 amide bonds. The number of benzene rings is 4. The molecule has 3 N–H and O–H groups in total. The normalized spacial score (nSPS) is 19.5. The fourth-order valence-electron chi connectivity index (χ4n) is 12.9. The number of nitrogens with zero attached hydrogens (tertiary/aromatic N) is 12. The van der Waals surface area contributed by atoms with Crippen LogP contribution in [0.4, 0.5) is 34.5 Å². The first-order valence-electron chi connectivity index (χ1n) is 28.0. The van der Waals surface area contributed by atoms with Gasteiger partial charge in [0.1, 0.15) is 11.2 Å². The van der Waals surface area contributed by atoms with Gasteiger partial charge in [0, 0.05) is 140 Å². The minimum absolute atomic E-state index is 0.243. The van der Waals surface area contributed by atoms with Crippen LogP contribution in [0.25, 0.3) is 33.5 Å². The van der Waals surface area contributed by atoms with Crippen LogP contribution in [0, 0.1) is 5.92 Å². The molecule has 0 spiro atoms. The van der Waals surface area contributed by atoms with Gasteiger partial charge in [0.25, 0.3) is 0 Å². The lowest BCUT2D eigenvalue weighted by atomic mass is 9.97. The number of hydrogen-bond acceptors (Lipinski definition) is 14. The van der Waals surface area contributed by atoms with Crippen molar-refractivity contribution in [1.82, 2.24) is 54.9 Å². The number of para-hydroxylation sites is 1. The summed E-state index contributed by atoms with van der Waals surface area (Å²) < 4.78 is 1.80. The molecule has 0 saturated carbocycles. The number of anilines is 6. The van der Waals surface area contributed by atoms with Gasteiger partial charge in [-0.3, -0.25) is 14.9 Å². The Morgan fingerprint density at radius 3 is 2.33 bits per heavy atom. The lowest BCUT2D eigenvalue weighted by molar-refractivity contribution is 0.0966. The Hall–Kier alpha value is -7.48. The second-order valence-electron chi connectivity index (χ2n) is 22.5. The summed E-state index contributed by atoms with van der Waals surface area (Å²) in [4.78, 5) is 32.5. The highest BCUT2D eigenvalue weighted by Crippen LogP contribution is 2.43. The Morgan fingerprint density at radius 1 is 0.769 bits per heavy atom. The lowest BCUT2D eigenvalue weighted by Crippen LogP contribution is -2.53. The highest BCUT2D eigenvalue weighted by Gasteiger charge is 2.35. The predicted octanol–water partition coefficient (Wildman–Crippen LogP) is 10.3. The molecule has 7 aromatic rings. The Kier molecular flexibility index (Phi) is 13.8. The molecule has 402 valence electrons. The molecular formula is C62H74N15P. The molecule has 15 nitrogen and oxygen atoms in total. The number of aromatic nitrogens is 7. The summed E-state index contributed by atoms with van der Waals surface area (Å²) in [5.41, 5.74) is 18.2. The summed E-state index contributed by atoms with van der Waals surface area (Å²) in [5, 5.41) is 20.9. The Balaban J connectivity index is 0.687. The van der Waals surface area contributed by atoms with E-state index in [1.165, 1.54) is 39.3 Å². The van der Waals surface area contributed by atoms with E-state index in [1.807, 2.05) is 36.5 Å². The summed E-state index contributed by atoms with van der Waals surface area (Å²) >= 11 is 0. The van der Waals surface area contributed by atoms with Crippen LogP contribution < -0.4 is 31.1 Å². The van der Waals surface area contributed by atoms with E-state index in [9.17, 15) is 0 Å². The molecule has 0 bridgehead atoms. The van der Waals surface area contributed by atoms with E-state index >= 15 is 0 Å². The Bertz CT molecular complexity index is 3540. The molecule has 2 unspecified atom stereocenters. The smallest absolute Gasteiger partial charge is 0.229 e. The average Bonchev–Trinajstić information content (AvgIpc) is 4.21. The highest BCUT2D eigenvalue weighted by atomic mass is 31.2. The lowest BCUT2D eigenvalue weighted by Gasteiger charge is -2.45. The summed E-state index contributed by atoms with van der Waals surface area (Å²) in [6, 6.07) is 24.5. The van der Waals surface area contributed by atoms with E-state index < -0.39 is 6.89 Å². The van der Waals surface area contributed by atoms with Crippen LogP contribution in [0.5, 0.6) is 0 Å².